The van der Waals surface area contributed by atoms with Crippen LogP contribution in [0.2, 0.25) is 0 Å². The summed E-state index contributed by atoms with van der Waals surface area (Å²) in [5.41, 5.74) is 2.00. The fourth-order valence-electron chi connectivity index (χ4n) is 2.54. The third kappa shape index (κ3) is 5.69. The lowest BCUT2D eigenvalue weighted by atomic mass is 9.94. The van der Waals surface area contributed by atoms with E-state index in [0.717, 1.165) is 35.6 Å². The van der Waals surface area contributed by atoms with Gasteiger partial charge >= 0.3 is 0 Å². The molecule has 0 aliphatic rings. The molecule has 3 aromatic rings. The monoisotopic (exact) mass is 482 g/mol. The minimum atomic E-state index is -0.0439. The fourth-order valence-corrected chi connectivity index (χ4v) is 2.54. The largest absolute Gasteiger partial charge is 0.443 e. The van der Waals surface area contributed by atoms with Gasteiger partial charge in [0.1, 0.15) is 11.6 Å². The number of fused-ring (bicyclic) bond motifs is 1. The van der Waals surface area contributed by atoms with Gasteiger partial charge in [0.05, 0.1) is 23.8 Å². The molecule has 8 heteroatoms. The molecule has 0 amide bonds. The van der Waals surface area contributed by atoms with Crippen LogP contribution in [0.5, 0.6) is 0 Å². The molecule has 0 radical (unpaired) electrons. The van der Waals surface area contributed by atoms with E-state index >= 15 is 0 Å². The van der Waals surface area contributed by atoms with Crippen molar-refractivity contribution in [3.8, 4) is 0 Å². The van der Waals surface area contributed by atoms with E-state index in [1.54, 1.807) is 13.2 Å². The molecule has 0 atom stereocenters. The Morgan fingerprint density at radius 1 is 1.22 bits per heavy atom. The second-order valence-corrected chi connectivity index (χ2v) is 7.17. The van der Waals surface area contributed by atoms with Crippen LogP contribution in [-0.4, -0.2) is 34.5 Å². The predicted octanol–water partition coefficient (Wildman–Crippen LogP) is 3.37. The fraction of sp³-hybridized carbons (Fsp3) is 0.421. The number of nitrogens with zero attached hydrogens (tertiary/aromatic N) is 3. The first-order chi connectivity index (χ1) is 12.5. The van der Waals surface area contributed by atoms with Gasteiger partial charge in [-0.15, -0.1) is 24.0 Å². The van der Waals surface area contributed by atoms with E-state index in [2.05, 4.69) is 51.3 Å². The Labute approximate surface area is 176 Å². The summed E-state index contributed by atoms with van der Waals surface area (Å²) in [5.74, 6) is 3.19. The summed E-state index contributed by atoms with van der Waals surface area (Å²) in [6.45, 7) is 7.51. The molecule has 0 spiro atoms. The van der Waals surface area contributed by atoms with Crippen LogP contribution in [0, 0.1) is 0 Å². The highest BCUT2D eigenvalue weighted by Gasteiger charge is 2.19. The molecule has 0 bridgehead atoms. The summed E-state index contributed by atoms with van der Waals surface area (Å²) >= 11 is 0. The molecule has 3 rings (SSSR count). The first kappa shape index (κ1) is 21.2. The van der Waals surface area contributed by atoms with E-state index in [1.807, 2.05) is 24.3 Å². The van der Waals surface area contributed by atoms with E-state index in [4.69, 9.17) is 4.42 Å². The molecule has 0 unspecified atom stereocenters. The van der Waals surface area contributed by atoms with E-state index < -0.39 is 0 Å². The molecule has 2 aromatic heterocycles. The van der Waals surface area contributed by atoms with Crippen molar-refractivity contribution < 1.29 is 4.42 Å². The number of H-pyrrole nitrogens is 1. The van der Waals surface area contributed by atoms with Gasteiger partial charge in [0, 0.05) is 25.4 Å². The molecule has 2 heterocycles. The summed E-state index contributed by atoms with van der Waals surface area (Å²) in [5, 5.41) is 6.49. The Hall–Kier alpha value is -2.10. The maximum Gasteiger partial charge on any atom is 0.213 e. The van der Waals surface area contributed by atoms with Crippen LogP contribution in [-0.2, 0) is 18.4 Å². The second kappa shape index (κ2) is 9.20. The van der Waals surface area contributed by atoms with Crippen molar-refractivity contribution in [1.82, 2.24) is 25.6 Å². The van der Waals surface area contributed by atoms with Crippen LogP contribution < -0.4 is 10.6 Å². The van der Waals surface area contributed by atoms with E-state index in [9.17, 15) is 0 Å². The lowest BCUT2D eigenvalue weighted by Gasteiger charge is -2.13. The smallest absolute Gasteiger partial charge is 0.213 e. The third-order valence-corrected chi connectivity index (χ3v) is 4.02. The molecular weight excluding hydrogens is 455 g/mol. The second-order valence-electron chi connectivity index (χ2n) is 7.17. The van der Waals surface area contributed by atoms with E-state index in [0.29, 0.717) is 18.4 Å². The average Bonchev–Trinajstić information content (AvgIpc) is 3.23. The van der Waals surface area contributed by atoms with Crippen molar-refractivity contribution in [2.45, 2.75) is 39.2 Å². The zero-order chi connectivity index (χ0) is 18.6. The van der Waals surface area contributed by atoms with Gasteiger partial charge in [0.2, 0.25) is 5.89 Å². The SMILES string of the molecule is CN=C(NCCc1nc2ccccc2[nH]1)NCc1ncc(C(C)(C)C)o1.I. The van der Waals surface area contributed by atoms with Gasteiger partial charge in [-0.1, -0.05) is 32.9 Å². The zero-order valence-electron chi connectivity index (χ0n) is 16.2. The van der Waals surface area contributed by atoms with Crippen molar-refractivity contribution in [2.75, 3.05) is 13.6 Å². The number of imidazole rings is 1. The summed E-state index contributed by atoms with van der Waals surface area (Å²) in [7, 11) is 1.74. The maximum atomic E-state index is 5.78. The molecule has 0 aliphatic carbocycles. The number of halogens is 1. The van der Waals surface area contributed by atoms with Gasteiger partial charge in [-0.3, -0.25) is 4.99 Å². The van der Waals surface area contributed by atoms with Crippen molar-refractivity contribution in [1.29, 1.82) is 0 Å². The van der Waals surface area contributed by atoms with E-state index in [1.165, 1.54) is 0 Å². The quantitative estimate of drug-likeness (QED) is 0.295. The summed E-state index contributed by atoms with van der Waals surface area (Å²) < 4.78 is 5.78. The number of guanidine groups is 1. The van der Waals surface area contributed by atoms with Crippen LogP contribution in [0.3, 0.4) is 0 Å². The number of rotatable bonds is 5. The highest BCUT2D eigenvalue weighted by atomic mass is 127. The van der Waals surface area contributed by atoms with Crippen molar-refractivity contribution >= 4 is 41.0 Å². The van der Waals surface area contributed by atoms with Gasteiger partial charge in [-0.05, 0) is 12.1 Å². The van der Waals surface area contributed by atoms with E-state index in [-0.39, 0.29) is 29.4 Å². The Balaban J connectivity index is 0.00000261. The van der Waals surface area contributed by atoms with Crippen LogP contribution in [0.1, 0.15) is 38.2 Å². The number of para-hydroxylation sites is 2. The predicted molar refractivity (Wildman–Crippen MR) is 119 cm³/mol. The minimum Gasteiger partial charge on any atom is -0.443 e. The van der Waals surface area contributed by atoms with Gasteiger partial charge in [-0.25, -0.2) is 9.97 Å². The first-order valence-corrected chi connectivity index (χ1v) is 8.79. The number of hydrogen-bond donors (Lipinski definition) is 3. The Morgan fingerprint density at radius 3 is 2.67 bits per heavy atom. The van der Waals surface area contributed by atoms with Gasteiger partial charge < -0.3 is 20.0 Å². The maximum absolute atomic E-state index is 5.78. The molecule has 0 saturated heterocycles. The number of aromatic nitrogens is 3. The number of aliphatic imine (C=N–C) groups is 1. The lowest BCUT2D eigenvalue weighted by Crippen LogP contribution is -2.38. The molecular formula is C19H27IN6O. The highest BCUT2D eigenvalue weighted by molar-refractivity contribution is 14.0. The Kier molecular flexibility index (Phi) is 7.23. The minimum absolute atomic E-state index is 0. The summed E-state index contributed by atoms with van der Waals surface area (Å²) in [4.78, 5) is 16.4. The molecule has 7 nitrogen and oxygen atoms in total. The lowest BCUT2D eigenvalue weighted by molar-refractivity contribution is 0.379. The zero-order valence-corrected chi connectivity index (χ0v) is 18.5. The summed E-state index contributed by atoms with van der Waals surface area (Å²) in [6, 6.07) is 8.03. The number of nitrogens with one attached hydrogen (secondary N) is 3. The average molecular weight is 482 g/mol. The van der Waals surface area contributed by atoms with Crippen molar-refractivity contribution in [2.24, 2.45) is 4.99 Å². The molecule has 3 N–H and O–H groups in total. The normalized spacial score (nSPS) is 12.1. The number of oxazole rings is 1. The Bertz CT molecular complexity index is 860. The van der Waals surface area contributed by atoms with Gasteiger partial charge in [0.15, 0.2) is 5.96 Å². The molecule has 146 valence electrons. The summed E-state index contributed by atoms with van der Waals surface area (Å²) in [6.07, 6.45) is 2.57. The molecule has 0 aliphatic heterocycles. The number of aromatic amines is 1. The molecule has 27 heavy (non-hydrogen) atoms. The molecule has 0 fully saturated rings. The van der Waals surface area contributed by atoms with Crippen molar-refractivity contribution in [3.63, 3.8) is 0 Å². The van der Waals surface area contributed by atoms with Crippen LogP contribution in [0.25, 0.3) is 11.0 Å². The van der Waals surface area contributed by atoms with Crippen LogP contribution in [0.15, 0.2) is 39.9 Å². The molecule has 1 aromatic carbocycles. The van der Waals surface area contributed by atoms with Crippen molar-refractivity contribution in [3.05, 3.63) is 47.9 Å². The first-order valence-electron chi connectivity index (χ1n) is 8.79. The van der Waals surface area contributed by atoms with Crippen LogP contribution in [0.4, 0.5) is 0 Å². The Morgan fingerprint density at radius 2 is 2.00 bits per heavy atom. The number of benzene rings is 1. The third-order valence-electron chi connectivity index (χ3n) is 4.02. The molecule has 0 saturated carbocycles. The topological polar surface area (TPSA) is 91.1 Å². The highest BCUT2D eigenvalue weighted by Crippen LogP contribution is 2.22. The van der Waals surface area contributed by atoms with Crippen LogP contribution >= 0.6 is 24.0 Å². The number of hydrogen-bond acceptors (Lipinski definition) is 4. The van der Waals surface area contributed by atoms with Gasteiger partial charge in [-0.2, -0.15) is 0 Å². The van der Waals surface area contributed by atoms with Gasteiger partial charge in [0.25, 0.3) is 0 Å². The standard InChI is InChI=1S/C19H26N6O.HI/c1-19(2,3)15-11-22-17(26-15)12-23-18(20-4)21-10-9-16-24-13-7-5-6-8-14(13)25-16;/h5-8,11H,9-10,12H2,1-4H3,(H,24,25)(H2,20,21,23);1H.